The molecule has 0 saturated heterocycles. The van der Waals surface area contributed by atoms with Gasteiger partial charge >= 0.3 is 5.97 Å². The number of ether oxygens (including phenoxy) is 1. The number of nitrogens with one attached hydrogen (secondary N) is 1. The van der Waals surface area contributed by atoms with Crippen LogP contribution in [0, 0.1) is 0 Å². The topological polar surface area (TPSA) is 95.9 Å². The van der Waals surface area contributed by atoms with Crippen molar-refractivity contribution in [1.82, 2.24) is 5.32 Å². The number of amides is 1. The van der Waals surface area contributed by atoms with Crippen LogP contribution in [0.3, 0.4) is 0 Å². The minimum Gasteiger partial charge on any atom is -0.462 e. The van der Waals surface area contributed by atoms with E-state index in [0.29, 0.717) is 25.7 Å². The second-order valence-electron chi connectivity index (χ2n) is 19.7. The summed E-state index contributed by atoms with van der Waals surface area (Å²) in [6.45, 7) is 6.44. The Morgan fingerprint density at radius 1 is 0.435 bits per heavy atom. The Morgan fingerprint density at radius 2 is 0.797 bits per heavy atom. The lowest BCUT2D eigenvalue weighted by atomic mass is 10.0. The van der Waals surface area contributed by atoms with Crippen molar-refractivity contribution in [2.45, 2.75) is 296 Å². The number of hydrogen-bond donors (Lipinski definition) is 3. The van der Waals surface area contributed by atoms with Gasteiger partial charge < -0.3 is 20.3 Å². The maximum absolute atomic E-state index is 13.3. The standard InChI is InChI=1S/C63H111NO5/c1-4-7-10-13-16-19-22-25-28-31-34-37-40-43-46-49-52-55-61(66)60(58-65)64-62(67)57-59(54-51-48-45-42-39-36-33-30-27-24-21-18-15-12-9-6-3)69-63(68)56-53-50-47-44-41-38-35-32-29-26-23-20-17-14-11-8-5-2/h17,20,24,26-27,29-30,33,35-36,38-39,44,47,59-61,65-66H,4-16,18-19,21-23,25,28,31-32,34,37,40-43,45-46,48-58H2,1-3H3,(H,64,67)/b20-17-,27-24+,29-26-,33-30+,38-35-,39-36+,47-44-. The van der Waals surface area contributed by atoms with Crippen LogP contribution in [0.25, 0.3) is 0 Å². The molecular weight excluding hydrogens is 851 g/mol. The molecule has 0 aromatic rings. The molecule has 398 valence electrons. The van der Waals surface area contributed by atoms with E-state index in [4.69, 9.17) is 4.74 Å². The molecule has 0 aromatic heterocycles. The number of esters is 1. The van der Waals surface area contributed by atoms with Crippen molar-refractivity contribution in [3.8, 4) is 0 Å². The quantitative estimate of drug-likeness (QED) is 0.0244. The maximum Gasteiger partial charge on any atom is 0.306 e. The highest BCUT2D eigenvalue weighted by Crippen LogP contribution is 2.17. The highest BCUT2D eigenvalue weighted by Gasteiger charge is 2.24. The number of carbonyl (C=O) groups excluding carboxylic acids is 2. The van der Waals surface area contributed by atoms with E-state index in [1.807, 2.05) is 0 Å². The first-order valence-corrected chi connectivity index (χ1v) is 29.3. The average Bonchev–Trinajstić information content (AvgIpc) is 3.34. The SMILES string of the molecule is CCCCC/C=C\C/C=C\C/C=C\C/C=C\CCCC(=O)OC(CCCCC/C=C/C=C/C=C/CCCCCCC)CC(=O)NC(CO)C(O)CCCCCCCCCCCCCCCCCCC. The van der Waals surface area contributed by atoms with Gasteiger partial charge in [0.25, 0.3) is 0 Å². The molecule has 0 aromatic carbocycles. The van der Waals surface area contributed by atoms with E-state index in [1.54, 1.807) is 0 Å². The molecular formula is C63H111NO5. The molecule has 0 bridgehead atoms. The van der Waals surface area contributed by atoms with Gasteiger partial charge in [0, 0.05) is 6.42 Å². The fourth-order valence-corrected chi connectivity index (χ4v) is 8.54. The summed E-state index contributed by atoms with van der Waals surface area (Å²) in [5.41, 5.74) is 0. The molecule has 0 spiro atoms. The van der Waals surface area contributed by atoms with Gasteiger partial charge in [0.2, 0.25) is 5.91 Å². The molecule has 0 aliphatic carbocycles. The molecule has 6 nitrogen and oxygen atoms in total. The summed E-state index contributed by atoms with van der Waals surface area (Å²) in [4.78, 5) is 26.3. The van der Waals surface area contributed by atoms with E-state index in [1.165, 1.54) is 148 Å². The zero-order chi connectivity index (χ0) is 50.2. The summed E-state index contributed by atoms with van der Waals surface area (Å²) in [7, 11) is 0. The van der Waals surface area contributed by atoms with Gasteiger partial charge in [0.1, 0.15) is 6.10 Å². The Labute approximate surface area is 427 Å². The lowest BCUT2D eigenvalue weighted by molar-refractivity contribution is -0.151. The number of carbonyl (C=O) groups is 2. The zero-order valence-corrected chi connectivity index (χ0v) is 45.4. The Balaban J connectivity index is 4.70. The van der Waals surface area contributed by atoms with Crippen molar-refractivity contribution in [3.05, 3.63) is 85.1 Å². The number of rotatable bonds is 52. The van der Waals surface area contributed by atoms with Gasteiger partial charge in [-0.1, -0.05) is 260 Å². The number of hydrogen-bond acceptors (Lipinski definition) is 5. The number of aliphatic hydroxyl groups excluding tert-OH is 2. The smallest absolute Gasteiger partial charge is 0.306 e. The van der Waals surface area contributed by atoms with Gasteiger partial charge in [-0.25, -0.2) is 0 Å². The molecule has 0 saturated carbocycles. The molecule has 0 aliphatic heterocycles. The molecule has 6 heteroatoms. The van der Waals surface area contributed by atoms with E-state index in [9.17, 15) is 19.8 Å². The first-order valence-electron chi connectivity index (χ1n) is 29.3. The number of unbranched alkanes of at least 4 members (excludes halogenated alkanes) is 28. The van der Waals surface area contributed by atoms with E-state index < -0.39 is 18.2 Å². The summed E-state index contributed by atoms with van der Waals surface area (Å²) in [5, 5.41) is 23.9. The van der Waals surface area contributed by atoms with Gasteiger partial charge in [-0.3, -0.25) is 9.59 Å². The second-order valence-corrected chi connectivity index (χ2v) is 19.7. The Bertz CT molecular complexity index is 1310. The zero-order valence-electron chi connectivity index (χ0n) is 45.4. The third-order valence-corrected chi connectivity index (χ3v) is 13.0. The van der Waals surface area contributed by atoms with Crippen molar-refractivity contribution in [3.63, 3.8) is 0 Å². The normalized spacial score (nSPS) is 13.8. The molecule has 0 fully saturated rings. The predicted molar refractivity (Wildman–Crippen MR) is 301 cm³/mol. The van der Waals surface area contributed by atoms with Crippen molar-refractivity contribution in [2.24, 2.45) is 0 Å². The monoisotopic (exact) mass is 962 g/mol. The third kappa shape index (κ3) is 51.2. The molecule has 3 atom stereocenters. The van der Waals surface area contributed by atoms with Gasteiger partial charge in [-0.15, -0.1) is 0 Å². The van der Waals surface area contributed by atoms with Gasteiger partial charge in [-0.2, -0.15) is 0 Å². The molecule has 69 heavy (non-hydrogen) atoms. The van der Waals surface area contributed by atoms with E-state index in [0.717, 1.165) is 77.0 Å². The number of aliphatic hydroxyl groups is 2. The van der Waals surface area contributed by atoms with Crippen LogP contribution in [0.2, 0.25) is 0 Å². The predicted octanol–water partition coefficient (Wildman–Crippen LogP) is 18.3. The molecule has 0 heterocycles. The largest absolute Gasteiger partial charge is 0.462 e. The molecule has 0 radical (unpaired) electrons. The lowest BCUT2D eigenvalue weighted by Gasteiger charge is -2.24. The molecule has 3 unspecified atom stereocenters. The second kappa shape index (κ2) is 56.0. The van der Waals surface area contributed by atoms with Gasteiger partial charge in [-0.05, 0) is 89.9 Å². The first kappa shape index (κ1) is 66.0. The van der Waals surface area contributed by atoms with Crippen LogP contribution >= 0.6 is 0 Å². The third-order valence-electron chi connectivity index (χ3n) is 13.0. The summed E-state index contributed by atoms with van der Waals surface area (Å²) < 4.78 is 5.92. The van der Waals surface area contributed by atoms with Crippen LogP contribution < -0.4 is 5.32 Å². The van der Waals surface area contributed by atoms with Crippen LogP contribution in [0.1, 0.15) is 278 Å². The fourth-order valence-electron chi connectivity index (χ4n) is 8.54. The average molecular weight is 963 g/mol. The minimum atomic E-state index is -0.812. The van der Waals surface area contributed by atoms with Crippen LogP contribution in [0.5, 0.6) is 0 Å². The van der Waals surface area contributed by atoms with Crippen LogP contribution in [-0.4, -0.2) is 46.9 Å². The van der Waals surface area contributed by atoms with Crippen molar-refractivity contribution in [2.75, 3.05) is 6.61 Å². The maximum atomic E-state index is 13.3. The molecule has 0 aliphatic rings. The minimum absolute atomic E-state index is 0.0300. The summed E-state index contributed by atoms with van der Waals surface area (Å²) in [6.07, 6.45) is 73.6. The van der Waals surface area contributed by atoms with Crippen LogP contribution in [-0.2, 0) is 14.3 Å². The van der Waals surface area contributed by atoms with Gasteiger partial charge in [0.15, 0.2) is 0 Å². The lowest BCUT2D eigenvalue weighted by Crippen LogP contribution is -2.46. The van der Waals surface area contributed by atoms with Gasteiger partial charge in [0.05, 0.1) is 25.2 Å². The highest BCUT2D eigenvalue weighted by atomic mass is 16.5. The molecule has 0 rings (SSSR count). The molecule has 3 N–H and O–H groups in total. The van der Waals surface area contributed by atoms with E-state index in [-0.39, 0.29) is 24.9 Å². The number of allylic oxidation sites excluding steroid dienone is 14. The van der Waals surface area contributed by atoms with E-state index >= 15 is 0 Å². The Kier molecular flexibility index (Phi) is 53.6. The van der Waals surface area contributed by atoms with Crippen molar-refractivity contribution < 1.29 is 24.5 Å². The van der Waals surface area contributed by atoms with Crippen LogP contribution in [0.15, 0.2) is 85.1 Å². The highest BCUT2D eigenvalue weighted by molar-refractivity contribution is 5.77. The summed E-state index contributed by atoms with van der Waals surface area (Å²) in [5.74, 6) is -0.573. The fraction of sp³-hybridized carbons (Fsp3) is 0.746. The Morgan fingerprint density at radius 3 is 1.28 bits per heavy atom. The van der Waals surface area contributed by atoms with Crippen molar-refractivity contribution in [1.29, 1.82) is 0 Å². The summed E-state index contributed by atoms with van der Waals surface area (Å²) in [6, 6.07) is -0.729. The summed E-state index contributed by atoms with van der Waals surface area (Å²) >= 11 is 0. The Hall–Kier alpha value is -2.96. The van der Waals surface area contributed by atoms with Crippen molar-refractivity contribution >= 4 is 11.9 Å². The van der Waals surface area contributed by atoms with Crippen LogP contribution in [0.4, 0.5) is 0 Å². The van der Waals surface area contributed by atoms with E-state index in [2.05, 4.69) is 111 Å². The molecule has 1 amide bonds. The first-order chi connectivity index (χ1) is 34.0.